The van der Waals surface area contributed by atoms with Gasteiger partial charge in [0.2, 0.25) is 0 Å². The molecule has 1 aromatic heterocycles. The summed E-state index contributed by atoms with van der Waals surface area (Å²) < 4.78 is 5.32. The highest BCUT2D eigenvalue weighted by molar-refractivity contribution is 5.93. The molecule has 0 atom stereocenters. The highest BCUT2D eigenvalue weighted by Gasteiger charge is 2.20. The number of ether oxygens (including phenoxy) is 1. The fraction of sp³-hybridized carbons (Fsp3) is 0.312. The molecule has 1 aliphatic rings. The zero-order chi connectivity index (χ0) is 15.4. The summed E-state index contributed by atoms with van der Waals surface area (Å²) in [5, 5.41) is 0. The van der Waals surface area contributed by atoms with Crippen molar-refractivity contribution in [3.8, 4) is 11.4 Å². The van der Waals surface area contributed by atoms with E-state index in [4.69, 9.17) is 4.74 Å². The van der Waals surface area contributed by atoms with Crippen molar-refractivity contribution in [1.82, 2.24) is 14.9 Å². The summed E-state index contributed by atoms with van der Waals surface area (Å²) in [5.41, 5.74) is 0.465. The number of rotatable bonds is 2. The third-order valence-corrected chi connectivity index (χ3v) is 3.59. The SMILES string of the molecule is O=C(c1cnc(-c2ccccc2)[nH]c1=O)N1CCCOCC1. The Morgan fingerprint density at radius 2 is 2.00 bits per heavy atom. The maximum atomic E-state index is 12.4. The molecule has 1 aromatic carbocycles. The van der Waals surface area contributed by atoms with E-state index in [1.165, 1.54) is 6.20 Å². The maximum absolute atomic E-state index is 12.4. The van der Waals surface area contributed by atoms with Crippen LogP contribution in [0.2, 0.25) is 0 Å². The number of aromatic amines is 1. The molecule has 0 saturated carbocycles. The van der Waals surface area contributed by atoms with E-state index in [1.807, 2.05) is 30.3 Å². The van der Waals surface area contributed by atoms with Gasteiger partial charge in [0, 0.05) is 31.5 Å². The van der Waals surface area contributed by atoms with Crippen molar-refractivity contribution in [2.75, 3.05) is 26.3 Å². The van der Waals surface area contributed by atoms with Crippen LogP contribution in [0.5, 0.6) is 0 Å². The first-order chi connectivity index (χ1) is 10.8. The lowest BCUT2D eigenvalue weighted by Crippen LogP contribution is -2.36. The molecule has 6 nitrogen and oxygen atoms in total. The molecule has 1 amide bonds. The number of carbonyl (C=O) groups is 1. The smallest absolute Gasteiger partial charge is 0.264 e. The number of nitrogens with one attached hydrogen (secondary N) is 1. The van der Waals surface area contributed by atoms with Crippen molar-refractivity contribution < 1.29 is 9.53 Å². The van der Waals surface area contributed by atoms with Gasteiger partial charge in [-0.2, -0.15) is 0 Å². The summed E-state index contributed by atoms with van der Waals surface area (Å²) in [5.74, 6) is 0.167. The Balaban J connectivity index is 1.86. The van der Waals surface area contributed by atoms with Crippen LogP contribution in [0.15, 0.2) is 41.3 Å². The third-order valence-electron chi connectivity index (χ3n) is 3.59. The van der Waals surface area contributed by atoms with Gasteiger partial charge in [-0.25, -0.2) is 4.98 Å². The molecular formula is C16H17N3O3. The van der Waals surface area contributed by atoms with E-state index in [9.17, 15) is 9.59 Å². The standard InChI is InChI=1S/C16H17N3O3/c20-15-13(16(21)19-7-4-9-22-10-8-19)11-17-14(18-15)12-5-2-1-3-6-12/h1-3,5-6,11H,4,7-10H2,(H,17,18,20). The van der Waals surface area contributed by atoms with Crippen LogP contribution in [0.1, 0.15) is 16.8 Å². The molecular weight excluding hydrogens is 282 g/mol. The average molecular weight is 299 g/mol. The van der Waals surface area contributed by atoms with E-state index < -0.39 is 5.56 Å². The van der Waals surface area contributed by atoms with E-state index >= 15 is 0 Å². The van der Waals surface area contributed by atoms with Crippen LogP contribution in [-0.2, 0) is 4.74 Å². The molecule has 2 heterocycles. The Bertz CT molecular complexity index is 704. The van der Waals surface area contributed by atoms with E-state index in [0.29, 0.717) is 32.1 Å². The van der Waals surface area contributed by atoms with Gasteiger partial charge in [-0.05, 0) is 6.42 Å². The maximum Gasteiger partial charge on any atom is 0.264 e. The van der Waals surface area contributed by atoms with Gasteiger partial charge < -0.3 is 14.6 Å². The lowest BCUT2D eigenvalue weighted by molar-refractivity contribution is 0.0739. The van der Waals surface area contributed by atoms with Crippen LogP contribution in [0.4, 0.5) is 0 Å². The van der Waals surface area contributed by atoms with Crippen molar-refractivity contribution in [2.45, 2.75) is 6.42 Å². The molecule has 1 saturated heterocycles. The summed E-state index contributed by atoms with van der Waals surface area (Å²) in [7, 11) is 0. The normalized spacial score (nSPS) is 15.4. The molecule has 6 heteroatoms. The Kier molecular flexibility index (Phi) is 4.29. The summed E-state index contributed by atoms with van der Waals surface area (Å²) >= 11 is 0. The number of carbonyl (C=O) groups excluding carboxylic acids is 1. The molecule has 0 aliphatic carbocycles. The zero-order valence-corrected chi connectivity index (χ0v) is 12.1. The van der Waals surface area contributed by atoms with Crippen LogP contribution < -0.4 is 5.56 Å². The number of amides is 1. The molecule has 22 heavy (non-hydrogen) atoms. The first-order valence-electron chi connectivity index (χ1n) is 7.27. The molecule has 0 spiro atoms. The minimum Gasteiger partial charge on any atom is -0.380 e. The first-order valence-corrected chi connectivity index (χ1v) is 7.27. The quantitative estimate of drug-likeness (QED) is 0.907. The number of benzene rings is 1. The predicted molar refractivity (Wildman–Crippen MR) is 81.6 cm³/mol. The monoisotopic (exact) mass is 299 g/mol. The second kappa shape index (κ2) is 6.53. The Morgan fingerprint density at radius 3 is 2.77 bits per heavy atom. The molecule has 0 unspecified atom stereocenters. The van der Waals surface area contributed by atoms with E-state index in [1.54, 1.807) is 4.90 Å². The van der Waals surface area contributed by atoms with Crippen LogP contribution in [0.25, 0.3) is 11.4 Å². The Hall–Kier alpha value is -2.47. The molecule has 0 bridgehead atoms. The molecule has 2 aromatic rings. The second-order valence-electron chi connectivity index (χ2n) is 5.10. The van der Waals surface area contributed by atoms with Gasteiger partial charge in [-0.1, -0.05) is 30.3 Å². The van der Waals surface area contributed by atoms with Crippen molar-refractivity contribution in [1.29, 1.82) is 0 Å². The van der Waals surface area contributed by atoms with Crippen LogP contribution >= 0.6 is 0 Å². The first kappa shape index (κ1) is 14.5. The van der Waals surface area contributed by atoms with Crippen molar-refractivity contribution in [3.63, 3.8) is 0 Å². The van der Waals surface area contributed by atoms with Crippen LogP contribution in [0, 0.1) is 0 Å². The summed E-state index contributed by atoms with van der Waals surface area (Å²) in [6.45, 7) is 2.24. The molecule has 1 aliphatic heterocycles. The zero-order valence-electron chi connectivity index (χ0n) is 12.1. The van der Waals surface area contributed by atoms with E-state index in [2.05, 4.69) is 9.97 Å². The number of aromatic nitrogens is 2. The molecule has 1 N–H and O–H groups in total. The van der Waals surface area contributed by atoms with Gasteiger partial charge in [-0.15, -0.1) is 0 Å². The van der Waals surface area contributed by atoms with Gasteiger partial charge in [0.05, 0.1) is 6.61 Å². The molecule has 1 fully saturated rings. The predicted octanol–water partition coefficient (Wildman–Crippen LogP) is 1.30. The average Bonchev–Trinajstić information content (AvgIpc) is 2.84. The minimum absolute atomic E-state index is 0.0709. The highest BCUT2D eigenvalue weighted by atomic mass is 16.5. The largest absolute Gasteiger partial charge is 0.380 e. The van der Waals surface area contributed by atoms with Gasteiger partial charge in [0.25, 0.3) is 11.5 Å². The lowest BCUT2D eigenvalue weighted by Gasteiger charge is -2.18. The van der Waals surface area contributed by atoms with Crippen molar-refractivity contribution >= 4 is 5.91 Å². The summed E-state index contributed by atoms with van der Waals surface area (Å²) in [6, 6.07) is 9.33. The van der Waals surface area contributed by atoms with Crippen LogP contribution in [-0.4, -0.2) is 47.1 Å². The highest BCUT2D eigenvalue weighted by Crippen LogP contribution is 2.12. The fourth-order valence-electron chi connectivity index (χ4n) is 2.41. The van der Waals surface area contributed by atoms with Gasteiger partial charge in [0.15, 0.2) is 0 Å². The molecule has 3 rings (SSSR count). The Labute approximate surface area is 127 Å². The molecule has 114 valence electrons. The minimum atomic E-state index is -0.413. The van der Waals surface area contributed by atoms with Crippen LogP contribution in [0.3, 0.4) is 0 Å². The molecule has 0 radical (unpaired) electrons. The van der Waals surface area contributed by atoms with Crippen molar-refractivity contribution in [3.05, 3.63) is 52.4 Å². The van der Waals surface area contributed by atoms with Gasteiger partial charge in [0.1, 0.15) is 11.4 Å². The van der Waals surface area contributed by atoms with Crippen molar-refractivity contribution in [2.24, 2.45) is 0 Å². The topological polar surface area (TPSA) is 75.3 Å². The van der Waals surface area contributed by atoms with E-state index in [-0.39, 0.29) is 11.5 Å². The summed E-state index contributed by atoms with van der Waals surface area (Å²) in [6.07, 6.45) is 2.13. The third kappa shape index (κ3) is 3.07. The Morgan fingerprint density at radius 1 is 1.18 bits per heavy atom. The fourth-order valence-corrected chi connectivity index (χ4v) is 2.41. The number of nitrogens with zero attached hydrogens (tertiary/aromatic N) is 2. The van der Waals surface area contributed by atoms with Gasteiger partial charge in [-0.3, -0.25) is 9.59 Å². The lowest BCUT2D eigenvalue weighted by atomic mass is 10.2. The number of hydrogen-bond donors (Lipinski definition) is 1. The number of hydrogen-bond acceptors (Lipinski definition) is 4. The number of H-pyrrole nitrogens is 1. The van der Waals surface area contributed by atoms with E-state index in [0.717, 1.165) is 12.0 Å². The second-order valence-corrected chi connectivity index (χ2v) is 5.10. The van der Waals surface area contributed by atoms with Gasteiger partial charge >= 0.3 is 0 Å². The summed E-state index contributed by atoms with van der Waals surface area (Å²) in [4.78, 5) is 33.2.